The van der Waals surface area contributed by atoms with E-state index < -0.39 is 0 Å². The molecule has 0 spiro atoms. The fourth-order valence-corrected chi connectivity index (χ4v) is 4.33. The van der Waals surface area contributed by atoms with Gasteiger partial charge >= 0.3 is 0 Å². The van der Waals surface area contributed by atoms with Crippen LogP contribution in [-0.4, -0.2) is 53.6 Å². The molecule has 3 atom stereocenters. The first-order valence-corrected chi connectivity index (χ1v) is 10.2. The number of nitrogens with one attached hydrogen (secondary N) is 1. The summed E-state index contributed by atoms with van der Waals surface area (Å²) in [6, 6.07) is 11.2. The highest BCUT2D eigenvalue weighted by molar-refractivity contribution is 5.92. The van der Waals surface area contributed by atoms with Gasteiger partial charge in [0.25, 0.3) is 5.91 Å². The Morgan fingerprint density at radius 3 is 2.75 bits per heavy atom. The average molecular weight is 380 g/mol. The number of amides is 1. The molecule has 2 saturated heterocycles. The molecule has 0 aromatic carbocycles. The minimum absolute atomic E-state index is 0.113. The number of rotatable bonds is 6. The van der Waals surface area contributed by atoms with Gasteiger partial charge in [0.2, 0.25) is 0 Å². The lowest BCUT2D eigenvalue weighted by Crippen LogP contribution is -2.44. The molecule has 0 saturated carbocycles. The summed E-state index contributed by atoms with van der Waals surface area (Å²) >= 11 is 0. The van der Waals surface area contributed by atoms with E-state index in [9.17, 15) is 4.79 Å². The van der Waals surface area contributed by atoms with E-state index in [2.05, 4.69) is 20.2 Å². The number of carbonyl (C=O) groups excluding carboxylic acids is 1. The van der Waals surface area contributed by atoms with Crippen LogP contribution in [0.3, 0.4) is 0 Å². The van der Waals surface area contributed by atoms with Gasteiger partial charge in [-0.2, -0.15) is 0 Å². The Morgan fingerprint density at radius 1 is 1.18 bits per heavy atom. The monoisotopic (exact) mass is 380 g/mol. The van der Waals surface area contributed by atoms with Crippen LogP contribution in [0, 0.1) is 11.8 Å². The van der Waals surface area contributed by atoms with Crippen molar-refractivity contribution in [1.82, 2.24) is 20.2 Å². The molecular weight excluding hydrogens is 352 g/mol. The minimum Gasteiger partial charge on any atom is -0.381 e. The van der Waals surface area contributed by atoms with E-state index >= 15 is 0 Å². The third-order valence-electron chi connectivity index (χ3n) is 5.74. The van der Waals surface area contributed by atoms with Crippen molar-refractivity contribution in [3.63, 3.8) is 0 Å². The van der Waals surface area contributed by atoms with Crippen molar-refractivity contribution in [3.05, 3.63) is 60.2 Å². The maximum Gasteiger partial charge on any atom is 0.270 e. The van der Waals surface area contributed by atoms with Crippen molar-refractivity contribution in [1.29, 1.82) is 0 Å². The normalized spacial score (nSPS) is 24.0. The van der Waals surface area contributed by atoms with Crippen molar-refractivity contribution in [2.24, 2.45) is 11.8 Å². The zero-order valence-electron chi connectivity index (χ0n) is 16.2. The zero-order valence-corrected chi connectivity index (χ0v) is 16.2. The average Bonchev–Trinajstić information content (AvgIpc) is 3.26. The summed E-state index contributed by atoms with van der Waals surface area (Å²) in [5.74, 6) is 0.825. The van der Waals surface area contributed by atoms with E-state index in [4.69, 9.17) is 4.74 Å². The number of ether oxygens (including phenoxy) is 1. The molecule has 148 valence electrons. The van der Waals surface area contributed by atoms with Crippen molar-refractivity contribution >= 4 is 5.91 Å². The molecule has 1 amide bonds. The fourth-order valence-electron chi connectivity index (χ4n) is 4.33. The smallest absolute Gasteiger partial charge is 0.270 e. The van der Waals surface area contributed by atoms with Gasteiger partial charge in [-0.05, 0) is 61.9 Å². The van der Waals surface area contributed by atoms with Crippen LogP contribution in [0.1, 0.15) is 41.5 Å². The molecule has 2 aromatic rings. The number of likely N-dealkylation sites (tertiary alicyclic amines) is 1. The Morgan fingerprint density at radius 2 is 2.04 bits per heavy atom. The van der Waals surface area contributed by atoms with Crippen LogP contribution in [-0.2, 0) is 4.74 Å². The largest absolute Gasteiger partial charge is 0.381 e. The SMILES string of the molecule is O=C(N[C@H](c1ccccn1)[C@H]1CCCN(C[C@@H]2CCOC2)C1)c1ccccn1. The van der Waals surface area contributed by atoms with Crippen molar-refractivity contribution in [2.75, 3.05) is 32.8 Å². The first-order valence-electron chi connectivity index (χ1n) is 10.2. The topological polar surface area (TPSA) is 67.4 Å². The predicted octanol–water partition coefficient (Wildman–Crippen LogP) is 2.70. The molecule has 4 rings (SSSR count). The van der Waals surface area contributed by atoms with Crippen LogP contribution in [0.2, 0.25) is 0 Å². The fraction of sp³-hybridized carbons (Fsp3) is 0.500. The first kappa shape index (κ1) is 19.0. The molecule has 28 heavy (non-hydrogen) atoms. The third-order valence-corrected chi connectivity index (χ3v) is 5.74. The lowest BCUT2D eigenvalue weighted by molar-refractivity contribution is 0.0856. The quantitative estimate of drug-likeness (QED) is 0.835. The standard InChI is InChI=1S/C22H28N4O2/c27-22(20-8-2-4-11-24-20)25-21(19-7-1-3-10-23-19)18-6-5-12-26(15-18)14-17-9-13-28-16-17/h1-4,7-8,10-11,17-18,21H,5-6,9,12-16H2,(H,25,27)/t17-,18-,21-/m0/s1. The van der Waals surface area contributed by atoms with Gasteiger partial charge in [-0.25, -0.2) is 0 Å². The van der Waals surface area contributed by atoms with Gasteiger partial charge in [-0.3, -0.25) is 14.8 Å². The Labute approximate surface area is 166 Å². The third kappa shape index (κ3) is 4.75. The second-order valence-corrected chi connectivity index (χ2v) is 7.81. The van der Waals surface area contributed by atoms with Crippen molar-refractivity contribution < 1.29 is 9.53 Å². The molecule has 6 heteroatoms. The van der Waals surface area contributed by atoms with E-state index in [1.165, 1.54) is 0 Å². The van der Waals surface area contributed by atoms with Crippen LogP contribution < -0.4 is 5.32 Å². The predicted molar refractivity (Wildman–Crippen MR) is 107 cm³/mol. The summed E-state index contributed by atoms with van der Waals surface area (Å²) in [6.45, 7) is 4.94. The van der Waals surface area contributed by atoms with Crippen LogP contribution in [0.25, 0.3) is 0 Å². The van der Waals surface area contributed by atoms with Crippen molar-refractivity contribution in [2.45, 2.75) is 25.3 Å². The highest BCUT2D eigenvalue weighted by atomic mass is 16.5. The van der Waals surface area contributed by atoms with Gasteiger partial charge in [0.05, 0.1) is 18.3 Å². The summed E-state index contributed by atoms with van der Waals surface area (Å²) in [5.41, 5.74) is 1.36. The Balaban J connectivity index is 1.49. The van der Waals surface area contributed by atoms with Gasteiger partial charge < -0.3 is 15.0 Å². The number of carbonyl (C=O) groups is 1. The van der Waals surface area contributed by atoms with Crippen LogP contribution in [0.4, 0.5) is 0 Å². The Hall–Kier alpha value is -2.31. The van der Waals surface area contributed by atoms with E-state index in [1.54, 1.807) is 18.5 Å². The van der Waals surface area contributed by atoms with Gasteiger partial charge in [0.15, 0.2) is 0 Å². The molecule has 0 unspecified atom stereocenters. The minimum atomic E-state index is -0.141. The maximum atomic E-state index is 12.8. The van der Waals surface area contributed by atoms with Gasteiger partial charge in [0.1, 0.15) is 5.69 Å². The number of aromatic nitrogens is 2. The number of hydrogen-bond donors (Lipinski definition) is 1. The number of piperidine rings is 1. The second-order valence-electron chi connectivity index (χ2n) is 7.81. The second kappa shape index (κ2) is 9.26. The summed E-state index contributed by atoms with van der Waals surface area (Å²) in [5, 5.41) is 3.22. The highest BCUT2D eigenvalue weighted by Gasteiger charge is 2.32. The molecule has 0 bridgehead atoms. The molecular formula is C22H28N4O2. The Bertz CT molecular complexity index is 750. The molecule has 0 radical (unpaired) electrons. The highest BCUT2D eigenvalue weighted by Crippen LogP contribution is 2.30. The van der Waals surface area contributed by atoms with Crippen LogP contribution in [0.15, 0.2) is 48.8 Å². The van der Waals surface area contributed by atoms with Gasteiger partial charge in [0, 0.05) is 32.1 Å². The van der Waals surface area contributed by atoms with Crippen LogP contribution >= 0.6 is 0 Å². The number of hydrogen-bond acceptors (Lipinski definition) is 5. The molecule has 4 heterocycles. The molecule has 0 aliphatic carbocycles. The van der Waals surface area contributed by atoms with E-state index in [1.807, 2.05) is 30.3 Å². The lowest BCUT2D eigenvalue weighted by atomic mass is 9.87. The van der Waals surface area contributed by atoms with E-state index in [-0.39, 0.29) is 11.9 Å². The van der Waals surface area contributed by atoms with Gasteiger partial charge in [-0.15, -0.1) is 0 Å². The summed E-state index contributed by atoms with van der Waals surface area (Å²) < 4.78 is 5.54. The van der Waals surface area contributed by atoms with E-state index in [0.29, 0.717) is 17.5 Å². The summed E-state index contributed by atoms with van der Waals surface area (Å²) in [6.07, 6.45) is 6.83. The van der Waals surface area contributed by atoms with Crippen molar-refractivity contribution in [3.8, 4) is 0 Å². The molecule has 2 aliphatic heterocycles. The van der Waals surface area contributed by atoms with Crippen LogP contribution in [0.5, 0.6) is 0 Å². The molecule has 6 nitrogen and oxygen atoms in total. The number of pyridine rings is 2. The Kier molecular flexibility index (Phi) is 6.29. The maximum absolute atomic E-state index is 12.8. The summed E-state index contributed by atoms with van der Waals surface area (Å²) in [7, 11) is 0. The molecule has 2 aliphatic rings. The van der Waals surface area contributed by atoms with Gasteiger partial charge in [-0.1, -0.05) is 12.1 Å². The molecule has 1 N–H and O–H groups in total. The zero-order chi connectivity index (χ0) is 19.2. The molecule has 2 aromatic heterocycles. The first-order chi connectivity index (χ1) is 13.8. The lowest BCUT2D eigenvalue weighted by Gasteiger charge is -2.38. The summed E-state index contributed by atoms with van der Waals surface area (Å²) in [4.78, 5) is 24.1. The molecule has 2 fully saturated rings. The van der Waals surface area contributed by atoms with E-state index in [0.717, 1.165) is 57.8 Å². The number of nitrogens with zero attached hydrogens (tertiary/aromatic N) is 3.